The Morgan fingerprint density at radius 3 is 2.57 bits per heavy atom. The number of amides is 1. The van der Waals surface area contributed by atoms with Gasteiger partial charge in [-0.25, -0.2) is 4.98 Å². The topological polar surface area (TPSA) is 45.7 Å². The minimum Gasteiger partial charge on any atom is -0.486 e. The van der Waals surface area contributed by atoms with Crippen molar-refractivity contribution in [1.82, 2.24) is 14.8 Å². The molecule has 8 heteroatoms. The van der Waals surface area contributed by atoms with Crippen molar-refractivity contribution in [1.29, 1.82) is 0 Å². The van der Waals surface area contributed by atoms with Gasteiger partial charge in [0, 0.05) is 43.1 Å². The fraction of sp³-hybridized carbons (Fsp3) is 0.273. The number of hydrogen-bond donors (Lipinski definition) is 0. The predicted molar refractivity (Wildman–Crippen MR) is 121 cm³/mol. The number of thiazole rings is 1. The Kier molecular flexibility index (Phi) is 6.89. The van der Waals surface area contributed by atoms with E-state index in [1.165, 1.54) is 0 Å². The number of hydrogen-bond acceptors (Lipinski definition) is 5. The molecule has 0 bridgehead atoms. The highest BCUT2D eigenvalue weighted by Gasteiger charge is 2.24. The van der Waals surface area contributed by atoms with Gasteiger partial charge in [0.2, 0.25) is 0 Å². The molecule has 156 valence electrons. The minimum atomic E-state index is -0.0506. The van der Waals surface area contributed by atoms with Crippen LogP contribution in [0.2, 0.25) is 10.0 Å². The molecular weight excluding hydrogens is 441 g/mol. The van der Waals surface area contributed by atoms with Crippen molar-refractivity contribution in [2.24, 2.45) is 0 Å². The normalized spacial score (nSPS) is 14.7. The van der Waals surface area contributed by atoms with Crippen molar-refractivity contribution in [2.75, 3.05) is 26.2 Å². The molecule has 0 saturated carbocycles. The first-order valence-corrected chi connectivity index (χ1v) is 11.3. The lowest BCUT2D eigenvalue weighted by Crippen LogP contribution is -2.48. The largest absolute Gasteiger partial charge is 0.486 e. The smallest absolute Gasteiger partial charge is 0.255 e. The third kappa shape index (κ3) is 5.32. The lowest BCUT2D eigenvalue weighted by Gasteiger charge is -2.34. The summed E-state index contributed by atoms with van der Waals surface area (Å²) < 4.78 is 5.77. The SMILES string of the molecule is O=C(c1ccc(Cl)cc1Cl)N1CCN(Cc2csc(COc3ccccc3)n2)CC1. The zero-order valence-electron chi connectivity index (χ0n) is 16.3. The Balaban J connectivity index is 1.27. The van der Waals surface area contributed by atoms with E-state index < -0.39 is 0 Å². The number of para-hydroxylation sites is 1. The molecule has 0 atom stereocenters. The number of nitrogens with zero attached hydrogens (tertiary/aromatic N) is 3. The van der Waals surface area contributed by atoms with Crippen LogP contribution in [-0.2, 0) is 13.2 Å². The molecule has 4 rings (SSSR count). The molecular formula is C22H21Cl2N3O2S. The van der Waals surface area contributed by atoms with E-state index in [9.17, 15) is 4.79 Å². The molecule has 3 aromatic rings. The summed E-state index contributed by atoms with van der Waals surface area (Å²) in [6.45, 7) is 4.15. The quantitative estimate of drug-likeness (QED) is 0.518. The summed E-state index contributed by atoms with van der Waals surface area (Å²) in [5.41, 5.74) is 1.53. The Bertz CT molecular complexity index is 1000. The average Bonchev–Trinajstić information content (AvgIpc) is 3.20. The summed E-state index contributed by atoms with van der Waals surface area (Å²) in [5, 5.41) is 3.95. The van der Waals surface area contributed by atoms with E-state index in [0.717, 1.165) is 36.1 Å². The minimum absolute atomic E-state index is 0.0506. The molecule has 0 N–H and O–H groups in total. The van der Waals surface area contributed by atoms with E-state index in [1.807, 2.05) is 35.2 Å². The molecule has 1 saturated heterocycles. The van der Waals surface area contributed by atoms with Crippen LogP contribution in [0.3, 0.4) is 0 Å². The van der Waals surface area contributed by atoms with Crippen molar-refractivity contribution in [2.45, 2.75) is 13.2 Å². The van der Waals surface area contributed by atoms with Crippen molar-refractivity contribution in [3.63, 3.8) is 0 Å². The van der Waals surface area contributed by atoms with E-state index in [2.05, 4.69) is 15.3 Å². The van der Waals surface area contributed by atoms with Crippen molar-refractivity contribution in [3.05, 3.63) is 80.2 Å². The predicted octanol–water partition coefficient (Wildman–Crippen LogP) is 4.99. The van der Waals surface area contributed by atoms with Crippen LogP contribution in [0, 0.1) is 0 Å². The summed E-state index contributed by atoms with van der Waals surface area (Å²) in [6, 6.07) is 14.7. The molecule has 0 radical (unpaired) electrons. The van der Waals surface area contributed by atoms with Crippen LogP contribution in [0.5, 0.6) is 5.75 Å². The van der Waals surface area contributed by atoms with Gasteiger partial charge in [-0.3, -0.25) is 9.69 Å². The molecule has 0 aliphatic carbocycles. The Labute approximate surface area is 189 Å². The van der Waals surface area contributed by atoms with Crippen LogP contribution >= 0.6 is 34.5 Å². The second-order valence-corrected chi connectivity index (χ2v) is 8.81. The second-order valence-electron chi connectivity index (χ2n) is 7.03. The molecule has 2 heterocycles. The van der Waals surface area contributed by atoms with Gasteiger partial charge in [0.25, 0.3) is 5.91 Å². The molecule has 5 nitrogen and oxygen atoms in total. The fourth-order valence-corrected chi connectivity index (χ4v) is 4.51. The Hall–Kier alpha value is -2.12. The van der Waals surface area contributed by atoms with E-state index >= 15 is 0 Å². The Morgan fingerprint density at radius 2 is 1.83 bits per heavy atom. The Morgan fingerprint density at radius 1 is 1.07 bits per heavy atom. The number of carbonyl (C=O) groups excluding carboxylic acids is 1. The fourth-order valence-electron chi connectivity index (χ4n) is 3.32. The molecule has 30 heavy (non-hydrogen) atoms. The highest BCUT2D eigenvalue weighted by Crippen LogP contribution is 2.23. The van der Waals surface area contributed by atoms with Gasteiger partial charge >= 0.3 is 0 Å². The van der Waals surface area contributed by atoms with Gasteiger partial charge in [-0.2, -0.15) is 0 Å². The zero-order valence-corrected chi connectivity index (χ0v) is 18.6. The number of benzene rings is 2. The number of carbonyl (C=O) groups is 1. The third-order valence-corrected chi connectivity index (χ3v) is 6.33. The molecule has 1 amide bonds. The molecule has 1 aromatic heterocycles. The number of halogens is 2. The first-order valence-electron chi connectivity index (χ1n) is 9.66. The lowest BCUT2D eigenvalue weighted by atomic mass is 10.1. The van der Waals surface area contributed by atoms with Crippen molar-refractivity contribution >= 4 is 40.4 Å². The lowest BCUT2D eigenvalue weighted by molar-refractivity contribution is 0.0627. The first kappa shape index (κ1) is 21.1. The summed E-state index contributed by atoms with van der Waals surface area (Å²) >= 11 is 13.7. The first-order chi connectivity index (χ1) is 14.6. The van der Waals surface area contributed by atoms with E-state index in [-0.39, 0.29) is 5.91 Å². The summed E-state index contributed by atoms with van der Waals surface area (Å²) in [5.74, 6) is 0.793. The van der Waals surface area contributed by atoms with Crippen LogP contribution in [0.1, 0.15) is 21.1 Å². The van der Waals surface area contributed by atoms with Gasteiger partial charge in [0.05, 0.1) is 16.3 Å². The maximum Gasteiger partial charge on any atom is 0.255 e. The van der Waals surface area contributed by atoms with Gasteiger partial charge in [-0.15, -0.1) is 11.3 Å². The zero-order chi connectivity index (χ0) is 20.9. The molecule has 2 aromatic carbocycles. The van der Waals surface area contributed by atoms with Crippen molar-refractivity contribution in [3.8, 4) is 5.75 Å². The van der Waals surface area contributed by atoms with E-state index in [1.54, 1.807) is 29.5 Å². The summed E-state index contributed by atoms with van der Waals surface area (Å²) in [7, 11) is 0. The van der Waals surface area contributed by atoms with Gasteiger partial charge in [-0.1, -0.05) is 41.4 Å². The molecule has 1 fully saturated rings. The van der Waals surface area contributed by atoms with Crippen LogP contribution in [0.25, 0.3) is 0 Å². The molecule has 1 aliphatic rings. The van der Waals surface area contributed by atoms with Gasteiger partial charge < -0.3 is 9.64 Å². The standard InChI is InChI=1S/C22H21Cl2N3O2S/c23-16-6-7-19(20(24)12-16)22(28)27-10-8-26(9-11-27)13-17-15-30-21(25-17)14-29-18-4-2-1-3-5-18/h1-7,12,15H,8-11,13-14H2. The molecule has 0 unspecified atom stereocenters. The highest BCUT2D eigenvalue weighted by molar-refractivity contribution is 7.09. The van der Waals surface area contributed by atoms with Crippen LogP contribution in [0.15, 0.2) is 53.9 Å². The van der Waals surface area contributed by atoms with E-state index in [0.29, 0.717) is 35.3 Å². The third-order valence-electron chi connectivity index (χ3n) is 4.91. The van der Waals surface area contributed by atoms with Gasteiger partial charge in [0.1, 0.15) is 17.4 Å². The number of piperazine rings is 1. The summed E-state index contributed by atoms with van der Waals surface area (Å²) in [4.78, 5) is 21.6. The average molecular weight is 462 g/mol. The van der Waals surface area contributed by atoms with Gasteiger partial charge in [-0.05, 0) is 30.3 Å². The second kappa shape index (κ2) is 9.79. The van der Waals surface area contributed by atoms with Crippen molar-refractivity contribution < 1.29 is 9.53 Å². The number of ether oxygens (including phenoxy) is 1. The van der Waals surface area contributed by atoms with Crippen LogP contribution < -0.4 is 4.74 Å². The number of aromatic nitrogens is 1. The molecule has 0 spiro atoms. The van der Waals surface area contributed by atoms with Gasteiger partial charge in [0.15, 0.2) is 0 Å². The monoisotopic (exact) mass is 461 g/mol. The van der Waals surface area contributed by atoms with E-state index in [4.69, 9.17) is 27.9 Å². The summed E-state index contributed by atoms with van der Waals surface area (Å²) in [6.07, 6.45) is 0. The highest BCUT2D eigenvalue weighted by atomic mass is 35.5. The maximum atomic E-state index is 12.7. The maximum absolute atomic E-state index is 12.7. The van der Waals surface area contributed by atoms with Crippen LogP contribution in [-0.4, -0.2) is 46.9 Å². The molecule has 1 aliphatic heterocycles. The van der Waals surface area contributed by atoms with Crippen LogP contribution in [0.4, 0.5) is 0 Å². The number of rotatable bonds is 6.